The average molecular weight is 316 g/mol. The van der Waals surface area contributed by atoms with Gasteiger partial charge in [0.25, 0.3) is 0 Å². The lowest BCUT2D eigenvalue weighted by molar-refractivity contribution is -0.135. The van der Waals surface area contributed by atoms with Crippen LogP contribution in [0.1, 0.15) is 31.9 Å². The van der Waals surface area contributed by atoms with Gasteiger partial charge in [-0.05, 0) is 31.9 Å². The van der Waals surface area contributed by atoms with Gasteiger partial charge in [-0.15, -0.1) is 0 Å². The summed E-state index contributed by atoms with van der Waals surface area (Å²) in [4.78, 5) is 8.50. The molecular formula is C15H23F3N4. The van der Waals surface area contributed by atoms with Crippen LogP contribution >= 0.6 is 0 Å². The quantitative estimate of drug-likeness (QED) is 0.440. The van der Waals surface area contributed by atoms with Crippen LogP contribution in [-0.4, -0.2) is 36.8 Å². The fourth-order valence-electron chi connectivity index (χ4n) is 1.82. The Morgan fingerprint density at radius 2 is 2.05 bits per heavy atom. The van der Waals surface area contributed by atoms with Crippen LogP contribution < -0.4 is 10.6 Å². The Labute approximate surface area is 129 Å². The molecule has 0 amide bonds. The highest BCUT2D eigenvalue weighted by atomic mass is 19.4. The fourth-order valence-corrected chi connectivity index (χ4v) is 1.82. The zero-order chi connectivity index (χ0) is 16.3. The normalized spacial score (nSPS) is 12.3. The molecule has 0 saturated carbocycles. The van der Waals surface area contributed by atoms with Gasteiger partial charge < -0.3 is 10.6 Å². The van der Waals surface area contributed by atoms with Crippen LogP contribution in [0.15, 0.2) is 29.4 Å². The van der Waals surface area contributed by atoms with Crippen molar-refractivity contribution in [2.24, 2.45) is 4.99 Å². The monoisotopic (exact) mass is 316 g/mol. The van der Waals surface area contributed by atoms with Crippen LogP contribution in [0.2, 0.25) is 0 Å². The Bertz CT molecular complexity index is 432. The number of nitrogens with zero attached hydrogens (tertiary/aromatic N) is 2. The molecule has 0 aliphatic rings. The van der Waals surface area contributed by atoms with E-state index < -0.39 is 12.6 Å². The number of halogens is 3. The Morgan fingerprint density at radius 3 is 2.68 bits per heavy atom. The van der Waals surface area contributed by atoms with E-state index in [1.54, 1.807) is 6.20 Å². The maximum atomic E-state index is 12.0. The molecule has 0 fully saturated rings. The molecule has 1 aromatic heterocycles. The zero-order valence-electron chi connectivity index (χ0n) is 12.8. The topological polar surface area (TPSA) is 49.3 Å². The van der Waals surface area contributed by atoms with Gasteiger partial charge in [-0.25, -0.2) is 0 Å². The smallest absolute Gasteiger partial charge is 0.357 e. The second-order valence-corrected chi connectivity index (χ2v) is 4.83. The highest BCUT2D eigenvalue weighted by Gasteiger charge is 2.25. The lowest BCUT2D eigenvalue weighted by Crippen LogP contribution is -2.38. The van der Waals surface area contributed by atoms with Crippen molar-refractivity contribution in [1.29, 1.82) is 0 Å². The highest BCUT2D eigenvalue weighted by Crippen LogP contribution is 2.21. The van der Waals surface area contributed by atoms with E-state index in [2.05, 4.69) is 20.6 Å². The zero-order valence-corrected chi connectivity index (χ0v) is 12.8. The van der Waals surface area contributed by atoms with Crippen LogP contribution in [0.4, 0.5) is 13.2 Å². The molecule has 22 heavy (non-hydrogen) atoms. The molecule has 0 radical (unpaired) electrons. The first kappa shape index (κ1) is 18.3. The SMILES string of the molecule is CCNC(=NCCCCC(F)(F)F)NCCc1ccccn1. The van der Waals surface area contributed by atoms with Gasteiger partial charge in [0.2, 0.25) is 0 Å². The molecule has 0 aliphatic heterocycles. The Kier molecular flexibility index (Phi) is 8.32. The number of pyridine rings is 1. The van der Waals surface area contributed by atoms with Crippen molar-refractivity contribution in [1.82, 2.24) is 15.6 Å². The molecule has 0 spiro atoms. The second kappa shape index (κ2) is 10.0. The Morgan fingerprint density at radius 1 is 1.23 bits per heavy atom. The standard InChI is InChI=1S/C15H23F3N4/c1-2-19-14(21-11-6-4-9-15(16,17)18)22-12-8-13-7-3-5-10-20-13/h3,5,7,10H,2,4,6,8-9,11-12H2,1H3,(H2,19,21,22). The van der Waals surface area contributed by atoms with Gasteiger partial charge in [-0.1, -0.05) is 6.07 Å². The summed E-state index contributed by atoms with van der Waals surface area (Å²) in [5.74, 6) is 0.630. The summed E-state index contributed by atoms with van der Waals surface area (Å²) in [5, 5.41) is 6.23. The number of rotatable bonds is 8. The number of aliphatic imine (C=N–C) groups is 1. The fraction of sp³-hybridized carbons (Fsp3) is 0.600. The molecular weight excluding hydrogens is 293 g/mol. The van der Waals surface area contributed by atoms with Gasteiger partial charge in [-0.3, -0.25) is 9.98 Å². The summed E-state index contributed by atoms with van der Waals surface area (Å²) in [6.45, 7) is 3.71. The first-order chi connectivity index (χ1) is 10.5. The molecule has 4 nitrogen and oxygen atoms in total. The summed E-state index contributed by atoms with van der Waals surface area (Å²) in [6.07, 6.45) is -1.77. The summed E-state index contributed by atoms with van der Waals surface area (Å²) in [6, 6.07) is 5.74. The molecule has 0 atom stereocenters. The Balaban J connectivity index is 2.26. The van der Waals surface area contributed by atoms with E-state index in [1.807, 2.05) is 25.1 Å². The molecule has 1 heterocycles. The molecule has 0 unspecified atom stereocenters. The number of aromatic nitrogens is 1. The van der Waals surface area contributed by atoms with Gasteiger partial charge in [0, 0.05) is 44.4 Å². The van der Waals surface area contributed by atoms with Gasteiger partial charge in [-0.2, -0.15) is 13.2 Å². The number of hydrogen-bond donors (Lipinski definition) is 2. The van der Waals surface area contributed by atoms with E-state index in [-0.39, 0.29) is 6.42 Å². The molecule has 7 heteroatoms. The van der Waals surface area contributed by atoms with Crippen LogP contribution in [-0.2, 0) is 6.42 Å². The van der Waals surface area contributed by atoms with E-state index >= 15 is 0 Å². The van der Waals surface area contributed by atoms with E-state index in [4.69, 9.17) is 0 Å². The van der Waals surface area contributed by atoms with E-state index in [9.17, 15) is 13.2 Å². The molecule has 124 valence electrons. The summed E-state index contributed by atoms with van der Waals surface area (Å²) in [7, 11) is 0. The van der Waals surface area contributed by atoms with Crippen LogP contribution in [0.5, 0.6) is 0 Å². The minimum absolute atomic E-state index is 0.111. The number of hydrogen-bond acceptors (Lipinski definition) is 2. The number of guanidine groups is 1. The Hall–Kier alpha value is -1.79. The summed E-state index contributed by atoms with van der Waals surface area (Å²) < 4.78 is 36.1. The minimum atomic E-state index is -4.07. The van der Waals surface area contributed by atoms with Crippen LogP contribution in [0.25, 0.3) is 0 Å². The third kappa shape index (κ3) is 9.20. The predicted molar refractivity (Wildman–Crippen MR) is 81.8 cm³/mol. The third-order valence-corrected chi connectivity index (χ3v) is 2.88. The first-order valence-corrected chi connectivity index (χ1v) is 7.50. The van der Waals surface area contributed by atoms with Crippen molar-refractivity contribution >= 4 is 5.96 Å². The van der Waals surface area contributed by atoms with Crippen molar-refractivity contribution in [3.05, 3.63) is 30.1 Å². The molecule has 0 saturated heterocycles. The van der Waals surface area contributed by atoms with Crippen molar-refractivity contribution in [3.63, 3.8) is 0 Å². The molecule has 0 aliphatic carbocycles. The third-order valence-electron chi connectivity index (χ3n) is 2.88. The van der Waals surface area contributed by atoms with Crippen LogP contribution in [0.3, 0.4) is 0 Å². The van der Waals surface area contributed by atoms with E-state index in [0.29, 0.717) is 32.0 Å². The van der Waals surface area contributed by atoms with Gasteiger partial charge in [0.15, 0.2) is 5.96 Å². The van der Waals surface area contributed by atoms with E-state index in [1.165, 1.54) is 0 Å². The number of nitrogens with one attached hydrogen (secondary N) is 2. The maximum Gasteiger partial charge on any atom is 0.389 e. The lowest BCUT2D eigenvalue weighted by Gasteiger charge is -2.11. The number of alkyl halides is 3. The number of unbranched alkanes of at least 4 members (excludes halogenated alkanes) is 1. The van der Waals surface area contributed by atoms with Crippen LogP contribution in [0, 0.1) is 0 Å². The van der Waals surface area contributed by atoms with Crippen molar-refractivity contribution in [2.45, 2.75) is 38.8 Å². The molecule has 0 bridgehead atoms. The highest BCUT2D eigenvalue weighted by molar-refractivity contribution is 5.79. The average Bonchev–Trinajstić information content (AvgIpc) is 2.47. The predicted octanol–water partition coefficient (Wildman–Crippen LogP) is 2.91. The maximum absolute atomic E-state index is 12.0. The van der Waals surface area contributed by atoms with Gasteiger partial charge in [0.1, 0.15) is 0 Å². The summed E-state index contributed by atoms with van der Waals surface area (Å²) in [5.41, 5.74) is 0.982. The molecule has 1 rings (SSSR count). The largest absolute Gasteiger partial charge is 0.389 e. The van der Waals surface area contributed by atoms with E-state index in [0.717, 1.165) is 12.1 Å². The minimum Gasteiger partial charge on any atom is -0.357 e. The molecule has 2 N–H and O–H groups in total. The second-order valence-electron chi connectivity index (χ2n) is 4.83. The summed E-state index contributed by atoms with van der Waals surface area (Å²) >= 11 is 0. The molecule has 1 aromatic rings. The molecule has 0 aromatic carbocycles. The lowest BCUT2D eigenvalue weighted by atomic mass is 10.2. The van der Waals surface area contributed by atoms with Crippen molar-refractivity contribution in [3.8, 4) is 0 Å². The van der Waals surface area contributed by atoms with Crippen molar-refractivity contribution in [2.75, 3.05) is 19.6 Å². The van der Waals surface area contributed by atoms with Crippen molar-refractivity contribution < 1.29 is 13.2 Å². The first-order valence-electron chi connectivity index (χ1n) is 7.50. The van der Waals surface area contributed by atoms with Gasteiger partial charge >= 0.3 is 6.18 Å². The van der Waals surface area contributed by atoms with Gasteiger partial charge in [0.05, 0.1) is 0 Å².